The van der Waals surface area contributed by atoms with Crippen molar-refractivity contribution in [3.8, 4) is 11.4 Å². The molecule has 0 atom stereocenters. The van der Waals surface area contributed by atoms with E-state index in [4.69, 9.17) is 4.74 Å². The van der Waals surface area contributed by atoms with Crippen molar-refractivity contribution in [1.82, 2.24) is 15.1 Å². The van der Waals surface area contributed by atoms with E-state index in [0.717, 1.165) is 5.56 Å². The predicted octanol–water partition coefficient (Wildman–Crippen LogP) is 1.61. The fourth-order valence-electron chi connectivity index (χ4n) is 3.49. The van der Waals surface area contributed by atoms with Gasteiger partial charge in [-0.2, -0.15) is 5.10 Å². The first-order valence-corrected chi connectivity index (χ1v) is 11.8. The monoisotopic (exact) mass is 454 g/mol. The van der Waals surface area contributed by atoms with Crippen molar-refractivity contribution in [2.24, 2.45) is 0 Å². The second-order valence-electron chi connectivity index (χ2n) is 7.36. The van der Waals surface area contributed by atoms with Gasteiger partial charge in [0.25, 0.3) is 0 Å². The lowest BCUT2D eigenvalue weighted by atomic mass is 10.1. The molecule has 1 aliphatic rings. The van der Waals surface area contributed by atoms with Crippen molar-refractivity contribution in [2.45, 2.75) is 17.9 Å². The van der Waals surface area contributed by atoms with Gasteiger partial charge in [0.2, 0.25) is 0 Å². The van der Waals surface area contributed by atoms with Gasteiger partial charge in [-0.3, -0.25) is 9.59 Å². The molecule has 1 aliphatic heterocycles. The smallest absolute Gasteiger partial charge is 0.314 e. The Bertz CT molecular complexity index is 1250. The minimum absolute atomic E-state index is 0.175. The van der Waals surface area contributed by atoms with Crippen LogP contribution in [-0.4, -0.2) is 43.7 Å². The highest BCUT2D eigenvalue weighted by Gasteiger charge is 2.33. The number of hydrogen-bond acceptors (Lipinski definition) is 6. The molecule has 2 aromatic carbocycles. The normalized spacial score (nSPS) is 13.9. The molecule has 0 saturated heterocycles. The van der Waals surface area contributed by atoms with Crippen molar-refractivity contribution in [3.63, 3.8) is 0 Å². The van der Waals surface area contributed by atoms with Gasteiger partial charge in [-0.05, 0) is 36.2 Å². The Balaban J connectivity index is 1.52. The van der Waals surface area contributed by atoms with Crippen molar-refractivity contribution >= 4 is 27.5 Å². The maximum atomic E-state index is 12.6. The fourth-order valence-corrected chi connectivity index (χ4v) is 4.98. The summed E-state index contributed by atoms with van der Waals surface area (Å²) >= 11 is 0. The van der Waals surface area contributed by atoms with Gasteiger partial charge in [0.1, 0.15) is 11.6 Å². The third-order valence-electron chi connectivity index (χ3n) is 5.08. The molecule has 0 spiro atoms. The molecule has 0 fully saturated rings. The van der Waals surface area contributed by atoms with E-state index in [1.807, 2.05) is 30.3 Å². The molecular weight excluding hydrogens is 432 g/mol. The van der Waals surface area contributed by atoms with E-state index in [9.17, 15) is 18.0 Å². The second-order valence-corrected chi connectivity index (χ2v) is 9.43. The zero-order valence-corrected chi connectivity index (χ0v) is 18.2. The van der Waals surface area contributed by atoms with Crippen LogP contribution < -0.4 is 15.4 Å². The number of carbonyl (C=O) groups is 2. The third kappa shape index (κ3) is 4.65. The number of ether oxygens (including phenoxy) is 1. The highest BCUT2D eigenvalue weighted by molar-refractivity contribution is 7.90. The van der Waals surface area contributed by atoms with Crippen LogP contribution in [-0.2, 0) is 37.4 Å². The van der Waals surface area contributed by atoms with Gasteiger partial charge in [-0.1, -0.05) is 30.3 Å². The number of aromatic nitrogens is 2. The molecule has 0 unspecified atom stereocenters. The Morgan fingerprint density at radius 3 is 2.44 bits per heavy atom. The number of methoxy groups -OCH3 is 1. The lowest BCUT2D eigenvalue weighted by Gasteiger charge is -2.12. The predicted molar refractivity (Wildman–Crippen MR) is 118 cm³/mol. The summed E-state index contributed by atoms with van der Waals surface area (Å²) < 4.78 is 30.7. The summed E-state index contributed by atoms with van der Waals surface area (Å²) in [6, 6.07) is 16.5. The van der Waals surface area contributed by atoms with Crippen LogP contribution in [0.3, 0.4) is 0 Å². The van der Waals surface area contributed by atoms with Gasteiger partial charge in [-0.15, -0.1) is 0 Å². The molecule has 2 N–H and O–H groups in total. The van der Waals surface area contributed by atoms with Crippen molar-refractivity contribution in [2.75, 3.05) is 19.0 Å². The van der Waals surface area contributed by atoms with Gasteiger partial charge in [0, 0.05) is 12.1 Å². The quantitative estimate of drug-likeness (QED) is 0.546. The molecule has 2 heterocycles. The molecule has 1 aromatic heterocycles. The Morgan fingerprint density at radius 1 is 1.03 bits per heavy atom. The standard InChI is InChI=1S/C22H22N4O5S/c1-31-17-9-7-16(8-10-17)26-20(18-13-32(29,30)14-19(18)25-26)24-22(28)21(27)23-12-11-15-5-3-2-4-6-15/h2-10H,11-14H2,1H3,(H,23,27)(H,24,28). The summed E-state index contributed by atoms with van der Waals surface area (Å²) in [5, 5.41) is 9.52. The molecule has 0 aliphatic carbocycles. The first kappa shape index (κ1) is 21.6. The summed E-state index contributed by atoms with van der Waals surface area (Å²) in [6.07, 6.45) is 0.581. The Hall–Kier alpha value is -3.66. The zero-order chi connectivity index (χ0) is 22.7. The molecule has 9 nitrogen and oxygen atoms in total. The summed E-state index contributed by atoms with van der Waals surface area (Å²) in [5.41, 5.74) is 2.39. The molecule has 32 heavy (non-hydrogen) atoms. The highest BCUT2D eigenvalue weighted by atomic mass is 32.2. The molecule has 166 valence electrons. The third-order valence-corrected chi connectivity index (χ3v) is 6.53. The Kier molecular flexibility index (Phi) is 5.95. The van der Waals surface area contributed by atoms with Crippen LogP contribution in [0.25, 0.3) is 5.69 Å². The molecule has 0 radical (unpaired) electrons. The van der Waals surface area contributed by atoms with Gasteiger partial charge in [-0.25, -0.2) is 13.1 Å². The lowest BCUT2D eigenvalue weighted by molar-refractivity contribution is -0.136. The number of hydrogen-bond donors (Lipinski definition) is 2. The largest absolute Gasteiger partial charge is 0.497 e. The summed E-state index contributed by atoms with van der Waals surface area (Å²) in [7, 11) is -1.80. The van der Waals surface area contributed by atoms with Gasteiger partial charge < -0.3 is 15.4 Å². The Labute approximate surface area is 185 Å². The first-order valence-electron chi connectivity index (χ1n) is 9.95. The average molecular weight is 455 g/mol. The van der Waals surface area contributed by atoms with Crippen LogP contribution >= 0.6 is 0 Å². The van der Waals surface area contributed by atoms with Gasteiger partial charge >= 0.3 is 11.8 Å². The second kappa shape index (κ2) is 8.83. The topological polar surface area (TPSA) is 119 Å². The number of nitrogens with one attached hydrogen (secondary N) is 2. The van der Waals surface area contributed by atoms with E-state index in [-0.39, 0.29) is 17.3 Å². The van der Waals surface area contributed by atoms with Crippen LogP contribution in [0.5, 0.6) is 5.75 Å². The number of rotatable bonds is 6. The number of benzene rings is 2. The number of fused-ring (bicyclic) bond motifs is 1. The SMILES string of the molecule is COc1ccc(-n2nc3c(c2NC(=O)C(=O)NCCc2ccccc2)CS(=O)(=O)C3)cc1. The van der Waals surface area contributed by atoms with Crippen molar-refractivity contribution in [3.05, 3.63) is 71.4 Å². The van der Waals surface area contributed by atoms with E-state index < -0.39 is 21.7 Å². The number of anilines is 1. The summed E-state index contributed by atoms with van der Waals surface area (Å²) in [6.45, 7) is 0.292. The fraction of sp³-hybridized carbons (Fsp3) is 0.227. The molecule has 0 bridgehead atoms. The maximum absolute atomic E-state index is 12.6. The van der Waals surface area contributed by atoms with Crippen molar-refractivity contribution < 1.29 is 22.7 Å². The zero-order valence-electron chi connectivity index (χ0n) is 17.4. The number of amides is 2. The average Bonchev–Trinajstić information content (AvgIpc) is 3.26. The van der Waals surface area contributed by atoms with Gasteiger partial charge in [0.15, 0.2) is 9.84 Å². The van der Waals surface area contributed by atoms with E-state index in [1.165, 1.54) is 4.68 Å². The van der Waals surface area contributed by atoms with E-state index in [2.05, 4.69) is 15.7 Å². The van der Waals surface area contributed by atoms with Crippen LogP contribution in [0.4, 0.5) is 5.82 Å². The number of carbonyl (C=O) groups excluding carboxylic acids is 2. The van der Waals surface area contributed by atoms with Crippen LogP contribution in [0.2, 0.25) is 0 Å². The van der Waals surface area contributed by atoms with Crippen LogP contribution in [0.1, 0.15) is 16.8 Å². The minimum Gasteiger partial charge on any atom is -0.497 e. The molecule has 10 heteroatoms. The number of nitrogens with zero attached hydrogens (tertiary/aromatic N) is 2. The molecule has 2 amide bonds. The Morgan fingerprint density at radius 2 is 1.75 bits per heavy atom. The number of sulfone groups is 1. The van der Waals surface area contributed by atoms with E-state index >= 15 is 0 Å². The highest BCUT2D eigenvalue weighted by Crippen LogP contribution is 2.33. The first-order chi connectivity index (χ1) is 15.4. The summed E-state index contributed by atoms with van der Waals surface area (Å²) in [4.78, 5) is 24.9. The van der Waals surface area contributed by atoms with Gasteiger partial charge in [0.05, 0.1) is 30.0 Å². The van der Waals surface area contributed by atoms with E-state index in [1.54, 1.807) is 31.4 Å². The minimum atomic E-state index is -3.34. The van der Waals surface area contributed by atoms with E-state index in [0.29, 0.717) is 35.7 Å². The van der Waals surface area contributed by atoms with Crippen LogP contribution in [0, 0.1) is 0 Å². The van der Waals surface area contributed by atoms with Crippen LogP contribution in [0.15, 0.2) is 54.6 Å². The lowest BCUT2D eigenvalue weighted by Crippen LogP contribution is -2.37. The summed E-state index contributed by atoms with van der Waals surface area (Å²) in [5.74, 6) is -1.34. The van der Waals surface area contributed by atoms with Crippen molar-refractivity contribution in [1.29, 1.82) is 0 Å². The molecule has 0 saturated carbocycles. The molecular formula is C22H22N4O5S. The maximum Gasteiger partial charge on any atom is 0.314 e. The molecule has 4 rings (SSSR count). The molecule has 3 aromatic rings.